The van der Waals surface area contributed by atoms with Gasteiger partial charge in [0.15, 0.2) is 5.96 Å². The first-order chi connectivity index (χ1) is 15.4. The smallest absolute Gasteiger partial charge is 0.194 e. The Morgan fingerprint density at radius 1 is 1.21 bits per heavy atom. The molecular weight excluding hydrogens is 527 g/mol. The van der Waals surface area contributed by atoms with E-state index in [0.717, 1.165) is 63.3 Å². The highest BCUT2D eigenvalue weighted by molar-refractivity contribution is 14.0. The lowest BCUT2D eigenvalue weighted by molar-refractivity contribution is 0.270. The second-order valence-electron chi connectivity index (χ2n) is 8.84. The molecule has 1 saturated heterocycles. The van der Waals surface area contributed by atoms with Gasteiger partial charge in [-0.1, -0.05) is 20.8 Å². The van der Waals surface area contributed by atoms with Gasteiger partial charge in [-0.15, -0.1) is 24.0 Å². The first kappa shape index (κ1) is 27.4. The number of likely N-dealkylation sites (N-methyl/N-ethyl adjacent to an activating group) is 1. The molecule has 9 heteroatoms. The van der Waals surface area contributed by atoms with Crippen molar-refractivity contribution in [3.8, 4) is 0 Å². The first-order valence-electron chi connectivity index (χ1n) is 11.8. The Morgan fingerprint density at radius 3 is 2.58 bits per heavy atom. The third kappa shape index (κ3) is 7.56. The van der Waals surface area contributed by atoms with Crippen molar-refractivity contribution in [2.75, 3.05) is 51.2 Å². The molecule has 0 bridgehead atoms. The average Bonchev–Trinajstić information content (AvgIpc) is 3.17. The minimum atomic E-state index is 0. The number of rotatable bonds is 8. The number of aryl methyl sites for hydroxylation is 1. The molecule has 1 N–H and O–H groups in total. The van der Waals surface area contributed by atoms with Crippen LogP contribution in [0.1, 0.15) is 50.4 Å². The zero-order valence-electron chi connectivity index (χ0n) is 21.1. The van der Waals surface area contributed by atoms with E-state index in [0.29, 0.717) is 12.5 Å². The number of nitrogens with one attached hydrogen (secondary N) is 1. The fourth-order valence-electron chi connectivity index (χ4n) is 4.15. The second-order valence-corrected chi connectivity index (χ2v) is 8.84. The number of piperazine rings is 1. The molecule has 2 aromatic rings. The van der Waals surface area contributed by atoms with Crippen LogP contribution in [0.3, 0.4) is 0 Å². The topological polar surface area (TPSA) is 64.8 Å². The number of pyridine rings is 1. The van der Waals surface area contributed by atoms with E-state index >= 15 is 0 Å². The summed E-state index contributed by atoms with van der Waals surface area (Å²) < 4.78 is 1.90. The number of anilines is 1. The van der Waals surface area contributed by atoms with Crippen LogP contribution in [0.2, 0.25) is 0 Å². The van der Waals surface area contributed by atoms with Crippen molar-refractivity contribution >= 4 is 35.8 Å². The van der Waals surface area contributed by atoms with Gasteiger partial charge in [0, 0.05) is 71.3 Å². The van der Waals surface area contributed by atoms with E-state index in [2.05, 4.69) is 83.2 Å². The lowest BCUT2D eigenvalue weighted by Gasteiger charge is -2.34. The number of halogens is 1. The van der Waals surface area contributed by atoms with Crippen molar-refractivity contribution < 1.29 is 0 Å². The standard InChI is InChI=1S/C24H40N8.HI/c1-7-25-24(29(5)17-21-18-30(6)28-23(21)19(3)4)27-16-20-9-10-26-22(15-20)32-13-11-31(8-2)12-14-32;/h9-10,15,18-19H,7-8,11-14,16-17H2,1-6H3,(H,25,27);1H. The Hall–Kier alpha value is -1.88. The third-order valence-corrected chi connectivity index (χ3v) is 5.95. The fraction of sp³-hybridized carbons (Fsp3) is 0.625. The molecule has 0 aliphatic carbocycles. The minimum Gasteiger partial charge on any atom is -0.357 e. The molecule has 0 saturated carbocycles. The summed E-state index contributed by atoms with van der Waals surface area (Å²) >= 11 is 0. The zero-order valence-corrected chi connectivity index (χ0v) is 23.4. The predicted molar refractivity (Wildman–Crippen MR) is 148 cm³/mol. The molecule has 3 rings (SSSR count). The van der Waals surface area contributed by atoms with Crippen LogP contribution >= 0.6 is 24.0 Å². The Kier molecular flexibility index (Phi) is 10.9. The lowest BCUT2D eigenvalue weighted by atomic mass is 10.1. The van der Waals surface area contributed by atoms with E-state index in [1.165, 1.54) is 11.1 Å². The summed E-state index contributed by atoms with van der Waals surface area (Å²) in [6.45, 7) is 16.3. The molecule has 0 spiro atoms. The summed E-state index contributed by atoms with van der Waals surface area (Å²) in [7, 11) is 4.07. The molecule has 184 valence electrons. The van der Waals surface area contributed by atoms with Crippen LogP contribution in [-0.2, 0) is 20.1 Å². The number of nitrogens with zero attached hydrogens (tertiary/aromatic N) is 7. The zero-order chi connectivity index (χ0) is 23.1. The second kappa shape index (κ2) is 13.1. The van der Waals surface area contributed by atoms with Gasteiger partial charge in [0.05, 0.1) is 12.2 Å². The third-order valence-electron chi connectivity index (χ3n) is 5.95. The molecule has 8 nitrogen and oxygen atoms in total. The van der Waals surface area contributed by atoms with Crippen molar-refractivity contribution in [2.24, 2.45) is 12.0 Å². The van der Waals surface area contributed by atoms with Crippen molar-refractivity contribution in [1.29, 1.82) is 0 Å². The van der Waals surface area contributed by atoms with Gasteiger partial charge >= 0.3 is 0 Å². The van der Waals surface area contributed by atoms with Gasteiger partial charge in [-0.2, -0.15) is 5.10 Å². The van der Waals surface area contributed by atoms with Crippen LogP contribution in [0.15, 0.2) is 29.5 Å². The maximum atomic E-state index is 4.92. The maximum Gasteiger partial charge on any atom is 0.194 e. The minimum absolute atomic E-state index is 0. The maximum absolute atomic E-state index is 4.92. The van der Waals surface area contributed by atoms with Crippen molar-refractivity contribution in [3.63, 3.8) is 0 Å². The van der Waals surface area contributed by atoms with Gasteiger partial charge in [0.2, 0.25) is 0 Å². The molecule has 0 unspecified atom stereocenters. The van der Waals surface area contributed by atoms with Gasteiger partial charge < -0.3 is 20.0 Å². The number of aliphatic imine (C=N–C) groups is 1. The van der Waals surface area contributed by atoms with E-state index in [-0.39, 0.29) is 24.0 Å². The Bertz CT molecular complexity index is 886. The fourth-order valence-corrected chi connectivity index (χ4v) is 4.15. The molecule has 0 radical (unpaired) electrons. The summed E-state index contributed by atoms with van der Waals surface area (Å²) in [5.74, 6) is 2.36. The highest BCUT2D eigenvalue weighted by atomic mass is 127. The molecule has 2 aromatic heterocycles. The Balaban J connectivity index is 0.00000385. The summed E-state index contributed by atoms with van der Waals surface area (Å²) in [6, 6.07) is 4.25. The predicted octanol–water partition coefficient (Wildman–Crippen LogP) is 3.30. The molecule has 1 aliphatic heterocycles. The SMILES string of the molecule is CCNC(=NCc1ccnc(N2CCN(CC)CC2)c1)N(C)Cc1cn(C)nc1C(C)C.I. The quantitative estimate of drug-likeness (QED) is 0.300. The molecule has 1 fully saturated rings. The number of aromatic nitrogens is 3. The van der Waals surface area contributed by atoms with E-state index in [9.17, 15) is 0 Å². The summed E-state index contributed by atoms with van der Waals surface area (Å²) in [5.41, 5.74) is 3.58. The van der Waals surface area contributed by atoms with Gasteiger partial charge in [0.25, 0.3) is 0 Å². The summed E-state index contributed by atoms with van der Waals surface area (Å²) in [4.78, 5) is 16.6. The summed E-state index contributed by atoms with van der Waals surface area (Å²) in [5, 5.41) is 8.08. The average molecular weight is 569 g/mol. The van der Waals surface area contributed by atoms with Gasteiger partial charge in [0.1, 0.15) is 5.82 Å². The monoisotopic (exact) mass is 568 g/mol. The number of hydrogen-bond acceptors (Lipinski definition) is 5. The molecule has 3 heterocycles. The van der Waals surface area contributed by atoms with Crippen LogP contribution < -0.4 is 10.2 Å². The summed E-state index contributed by atoms with van der Waals surface area (Å²) in [6.07, 6.45) is 4.02. The first-order valence-corrected chi connectivity index (χ1v) is 11.8. The van der Waals surface area contributed by atoms with Crippen molar-refractivity contribution in [3.05, 3.63) is 41.3 Å². The van der Waals surface area contributed by atoms with Crippen LogP contribution in [0.5, 0.6) is 0 Å². The van der Waals surface area contributed by atoms with Gasteiger partial charge in [-0.3, -0.25) is 4.68 Å². The van der Waals surface area contributed by atoms with E-state index in [4.69, 9.17) is 4.99 Å². The van der Waals surface area contributed by atoms with E-state index < -0.39 is 0 Å². The number of guanidine groups is 1. The Morgan fingerprint density at radius 2 is 1.94 bits per heavy atom. The molecule has 33 heavy (non-hydrogen) atoms. The van der Waals surface area contributed by atoms with Gasteiger partial charge in [-0.25, -0.2) is 9.98 Å². The molecule has 0 amide bonds. The molecule has 0 atom stereocenters. The molecular formula is C24H41IN8. The largest absolute Gasteiger partial charge is 0.357 e. The normalized spacial score (nSPS) is 15.0. The molecule has 1 aliphatic rings. The lowest BCUT2D eigenvalue weighted by Crippen LogP contribution is -2.46. The number of hydrogen-bond donors (Lipinski definition) is 1. The highest BCUT2D eigenvalue weighted by Gasteiger charge is 2.17. The van der Waals surface area contributed by atoms with Crippen LogP contribution in [0.4, 0.5) is 5.82 Å². The van der Waals surface area contributed by atoms with Crippen molar-refractivity contribution in [2.45, 2.75) is 46.7 Å². The van der Waals surface area contributed by atoms with E-state index in [1.54, 1.807) is 0 Å². The molecule has 0 aromatic carbocycles. The van der Waals surface area contributed by atoms with Crippen LogP contribution in [-0.4, -0.2) is 76.8 Å². The van der Waals surface area contributed by atoms with Crippen molar-refractivity contribution in [1.82, 2.24) is 29.9 Å². The Labute approximate surface area is 216 Å². The van der Waals surface area contributed by atoms with Crippen LogP contribution in [0.25, 0.3) is 0 Å². The van der Waals surface area contributed by atoms with Gasteiger partial charge in [-0.05, 0) is 37.1 Å². The van der Waals surface area contributed by atoms with Crippen LogP contribution in [0, 0.1) is 0 Å². The highest BCUT2D eigenvalue weighted by Crippen LogP contribution is 2.19. The van der Waals surface area contributed by atoms with E-state index in [1.807, 2.05) is 17.9 Å².